The molecule has 4 aromatic rings. The van der Waals surface area contributed by atoms with Gasteiger partial charge in [0.05, 0.1) is 5.39 Å². The van der Waals surface area contributed by atoms with Crippen LogP contribution in [0, 0.1) is 6.92 Å². The number of ketones is 1. The van der Waals surface area contributed by atoms with Gasteiger partial charge in [-0.25, -0.2) is 9.97 Å². The third-order valence-corrected chi connectivity index (χ3v) is 9.30. The van der Waals surface area contributed by atoms with E-state index in [2.05, 4.69) is 15.3 Å². The molecule has 10 nitrogen and oxygen atoms in total. The number of aromatic nitrogens is 2. The van der Waals surface area contributed by atoms with Crippen molar-refractivity contribution in [1.29, 1.82) is 0 Å². The predicted octanol–water partition coefficient (Wildman–Crippen LogP) is 4.14. The van der Waals surface area contributed by atoms with Crippen molar-refractivity contribution in [3.05, 3.63) is 76.7 Å². The monoisotopic (exact) mass is 533 g/mol. The largest absolute Gasteiger partial charge is 0.360 e. The van der Waals surface area contributed by atoms with Crippen LogP contribution >= 0.6 is 26.5 Å². The Balaban J connectivity index is 1.69. The molecule has 2 heterocycles. The summed E-state index contributed by atoms with van der Waals surface area (Å²) in [6, 6.07) is 15.8. The Morgan fingerprint density at radius 2 is 1.69 bits per heavy atom. The lowest BCUT2D eigenvalue weighted by Gasteiger charge is -2.21. The van der Waals surface area contributed by atoms with E-state index in [1.807, 2.05) is 19.1 Å². The number of aryl methyl sites for hydroxylation is 1. The van der Waals surface area contributed by atoms with Gasteiger partial charge in [-0.3, -0.25) is 13.9 Å². The second-order valence-corrected chi connectivity index (χ2v) is 12.6. The van der Waals surface area contributed by atoms with E-state index >= 15 is 0 Å². The van der Waals surface area contributed by atoms with Crippen molar-refractivity contribution in [1.82, 2.24) is 9.97 Å². The standard InChI is InChI=1S/C22H21N3O7P2S/c1-13-5-7-15(8-6-13)18(26)12-14-3-2-4-16(11-14)19-23-20(17-9-10-35-21(17)24-19)25-22(33(27,28)29)34(30,31)32/h2-11,22H,12H2,1H3,(H,23,24,25)(H2,27,28,29)(H2,30,31,32). The van der Waals surface area contributed by atoms with Crippen LogP contribution in [-0.4, -0.2) is 40.8 Å². The van der Waals surface area contributed by atoms with Crippen molar-refractivity contribution in [2.24, 2.45) is 0 Å². The van der Waals surface area contributed by atoms with Crippen molar-refractivity contribution in [2.45, 2.75) is 18.9 Å². The van der Waals surface area contributed by atoms with Gasteiger partial charge in [-0.2, -0.15) is 0 Å². The van der Waals surface area contributed by atoms with Gasteiger partial charge < -0.3 is 24.9 Å². The van der Waals surface area contributed by atoms with E-state index in [-0.39, 0.29) is 23.8 Å². The number of thiophene rings is 1. The summed E-state index contributed by atoms with van der Waals surface area (Å²) in [5, 5.41) is 4.28. The zero-order chi connectivity index (χ0) is 25.4. The van der Waals surface area contributed by atoms with Crippen molar-refractivity contribution < 1.29 is 33.5 Å². The summed E-state index contributed by atoms with van der Waals surface area (Å²) in [6.45, 7) is 1.94. The lowest BCUT2D eigenvalue weighted by molar-refractivity contribution is 0.0993. The maximum atomic E-state index is 12.7. The van der Waals surface area contributed by atoms with Gasteiger partial charge in [-0.15, -0.1) is 11.3 Å². The van der Waals surface area contributed by atoms with Crippen LogP contribution in [0.4, 0.5) is 5.82 Å². The second kappa shape index (κ2) is 9.72. The average molecular weight is 533 g/mol. The SMILES string of the molecule is Cc1ccc(C(=O)Cc2cccc(-c3nc(NC(P(=O)(O)O)P(=O)(O)O)c4ccsc4n3)c2)cc1. The van der Waals surface area contributed by atoms with Gasteiger partial charge in [0.25, 0.3) is 0 Å². The van der Waals surface area contributed by atoms with Crippen LogP contribution < -0.4 is 5.32 Å². The maximum Gasteiger partial charge on any atom is 0.360 e. The minimum atomic E-state index is -5.23. The molecule has 2 aromatic heterocycles. The van der Waals surface area contributed by atoms with Crippen LogP contribution in [0.1, 0.15) is 21.5 Å². The lowest BCUT2D eigenvalue weighted by Crippen LogP contribution is -2.21. The van der Waals surface area contributed by atoms with E-state index < -0.39 is 20.7 Å². The average Bonchev–Trinajstić information content (AvgIpc) is 3.25. The van der Waals surface area contributed by atoms with E-state index in [9.17, 15) is 33.5 Å². The Hall–Kier alpha value is -2.75. The Morgan fingerprint density at radius 1 is 1.00 bits per heavy atom. The van der Waals surface area contributed by atoms with Crippen molar-refractivity contribution in [3.63, 3.8) is 0 Å². The number of benzene rings is 2. The lowest BCUT2D eigenvalue weighted by atomic mass is 10.0. The smallest absolute Gasteiger partial charge is 0.346 e. The van der Waals surface area contributed by atoms with Gasteiger partial charge in [0.15, 0.2) is 11.6 Å². The number of nitrogens with zero attached hydrogens (tertiary/aromatic N) is 2. The molecule has 0 saturated heterocycles. The van der Waals surface area contributed by atoms with Crippen molar-refractivity contribution in [2.75, 3.05) is 5.32 Å². The third kappa shape index (κ3) is 5.91. The van der Waals surface area contributed by atoms with Gasteiger partial charge in [0.1, 0.15) is 10.6 Å². The highest BCUT2D eigenvalue weighted by Crippen LogP contribution is 2.59. The molecule has 0 aliphatic heterocycles. The minimum Gasteiger partial charge on any atom is -0.346 e. The number of carbonyl (C=O) groups is 1. The minimum absolute atomic E-state index is 0.0646. The number of hydrogen-bond donors (Lipinski definition) is 5. The molecular weight excluding hydrogens is 512 g/mol. The molecule has 0 bridgehead atoms. The molecule has 0 spiro atoms. The molecule has 0 aliphatic rings. The number of anilines is 1. The molecule has 13 heteroatoms. The highest BCUT2D eigenvalue weighted by atomic mass is 32.1. The first-order valence-corrected chi connectivity index (χ1v) is 14.5. The zero-order valence-corrected chi connectivity index (χ0v) is 20.9. The number of carbonyl (C=O) groups excluding carboxylic acids is 1. The van der Waals surface area contributed by atoms with Crippen LogP contribution in [0.5, 0.6) is 0 Å². The fourth-order valence-corrected chi connectivity index (χ4v) is 6.34. The first-order valence-electron chi connectivity index (χ1n) is 10.2. The second-order valence-electron chi connectivity index (χ2n) is 7.90. The molecule has 5 N–H and O–H groups in total. The molecule has 0 radical (unpaired) electrons. The number of hydrogen-bond acceptors (Lipinski definition) is 7. The Bertz CT molecular complexity index is 1470. The van der Waals surface area contributed by atoms with Gasteiger partial charge in [0.2, 0.25) is 5.52 Å². The molecule has 0 fully saturated rings. The predicted molar refractivity (Wildman–Crippen MR) is 134 cm³/mol. The summed E-state index contributed by atoms with van der Waals surface area (Å²) < 4.78 is 23.5. The molecule has 4 rings (SSSR count). The number of Topliss-reactive ketones (excluding diaryl/α,β-unsaturated/α-hetero) is 1. The Kier molecular flexibility index (Phi) is 7.04. The van der Waals surface area contributed by atoms with E-state index in [4.69, 9.17) is 0 Å². The van der Waals surface area contributed by atoms with Crippen LogP contribution in [0.2, 0.25) is 0 Å². The van der Waals surface area contributed by atoms with Crippen LogP contribution in [0.15, 0.2) is 60.0 Å². The molecule has 0 unspecified atom stereocenters. The number of fused-ring (bicyclic) bond motifs is 1. The van der Waals surface area contributed by atoms with Crippen LogP contribution in [-0.2, 0) is 15.6 Å². The molecular formula is C22H21N3O7P2S. The van der Waals surface area contributed by atoms with Crippen molar-refractivity contribution >= 4 is 48.3 Å². The van der Waals surface area contributed by atoms with Crippen molar-refractivity contribution in [3.8, 4) is 11.4 Å². The quantitative estimate of drug-likeness (QED) is 0.164. The van der Waals surface area contributed by atoms with Gasteiger partial charge >= 0.3 is 15.2 Å². The highest BCUT2D eigenvalue weighted by Gasteiger charge is 2.44. The first kappa shape index (κ1) is 25.3. The third-order valence-electron chi connectivity index (χ3n) is 5.15. The molecule has 0 atom stereocenters. The van der Waals surface area contributed by atoms with E-state index in [0.29, 0.717) is 26.9 Å². The van der Waals surface area contributed by atoms with Gasteiger partial charge in [-0.1, -0.05) is 48.0 Å². The fourth-order valence-electron chi connectivity index (χ4n) is 3.43. The van der Waals surface area contributed by atoms with E-state index in [0.717, 1.165) is 5.56 Å². The summed E-state index contributed by atoms with van der Waals surface area (Å²) in [6.07, 6.45) is 0.141. The normalized spacial score (nSPS) is 12.3. The highest BCUT2D eigenvalue weighted by molar-refractivity contribution is 7.71. The zero-order valence-electron chi connectivity index (χ0n) is 18.3. The number of nitrogens with one attached hydrogen (secondary N) is 1. The summed E-state index contributed by atoms with van der Waals surface area (Å²) in [5.74, 6) is -0.0171. The summed E-state index contributed by atoms with van der Waals surface area (Å²) in [4.78, 5) is 59.9. The molecule has 0 saturated carbocycles. The van der Waals surface area contributed by atoms with Crippen LogP contribution in [0.25, 0.3) is 21.6 Å². The Labute approximate surface area is 204 Å². The summed E-state index contributed by atoms with van der Waals surface area (Å²) in [7, 11) is -10.5. The molecule has 35 heavy (non-hydrogen) atoms. The van der Waals surface area contributed by atoms with Gasteiger partial charge in [-0.05, 0) is 30.0 Å². The molecule has 182 valence electrons. The maximum absolute atomic E-state index is 12.7. The Morgan fingerprint density at radius 3 is 2.34 bits per heavy atom. The topological polar surface area (TPSA) is 170 Å². The molecule has 2 aromatic carbocycles. The van der Waals surface area contributed by atoms with Crippen LogP contribution in [0.3, 0.4) is 0 Å². The summed E-state index contributed by atoms with van der Waals surface area (Å²) >= 11 is 1.23. The summed E-state index contributed by atoms with van der Waals surface area (Å²) in [5.41, 5.74) is 0.417. The molecule has 0 aliphatic carbocycles. The molecule has 0 amide bonds. The number of rotatable bonds is 8. The van der Waals surface area contributed by atoms with E-state index in [1.165, 1.54) is 11.3 Å². The first-order chi connectivity index (χ1) is 16.4. The fraction of sp³-hybridized carbons (Fsp3) is 0.136. The van der Waals surface area contributed by atoms with E-state index in [1.54, 1.807) is 47.8 Å². The van der Waals surface area contributed by atoms with Gasteiger partial charge in [0, 0.05) is 17.5 Å².